The molecule has 3 aromatic rings. The molecule has 0 aliphatic heterocycles. The number of aromatic amines is 1. The second kappa shape index (κ2) is 5.01. The summed E-state index contributed by atoms with van der Waals surface area (Å²) < 4.78 is 5.56. The van der Waals surface area contributed by atoms with Crippen LogP contribution >= 0.6 is 0 Å². The normalized spacial score (nSPS) is 10.9. The van der Waals surface area contributed by atoms with Crippen molar-refractivity contribution < 1.29 is 4.42 Å². The molecule has 0 unspecified atom stereocenters. The van der Waals surface area contributed by atoms with E-state index in [-0.39, 0.29) is 0 Å². The molecule has 0 amide bonds. The largest absolute Gasteiger partial charge is 0.423 e. The van der Waals surface area contributed by atoms with Crippen LogP contribution < -0.4 is 11.1 Å². The highest BCUT2D eigenvalue weighted by molar-refractivity contribution is 5.77. The SMILES string of the molecule is Nc1ccc2nc(NCCCc3ncc[nH]3)oc2c1. The molecule has 0 saturated carbocycles. The van der Waals surface area contributed by atoms with Crippen molar-refractivity contribution in [2.45, 2.75) is 12.8 Å². The second-order valence-corrected chi connectivity index (χ2v) is 4.31. The number of nitrogens with two attached hydrogens (primary N) is 1. The van der Waals surface area contributed by atoms with Gasteiger partial charge in [0.05, 0.1) is 0 Å². The van der Waals surface area contributed by atoms with Crippen molar-refractivity contribution in [3.05, 3.63) is 36.4 Å². The highest BCUT2D eigenvalue weighted by Gasteiger charge is 2.05. The van der Waals surface area contributed by atoms with Crippen LogP contribution in [0.2, 0.25) is 0 Å². The van der Waals surface area contributed by atoms with Gasteiger partial charge in [-0.1, -0.05) is 0 Å². The molecule has 6 nitrogen and oxygen atoms in total. The van der Waals surface area contributed by atoms with E-state index in [9.17, 15) is 0 Å². The van der Waals surface area contributed by atoms with Gasteiger partial charge in [0.1, 0.15) is 11.3 Å². The number of nitrogens with one attached hydrogen (secondary N) is 2. The molecule has 19 heavy (non-hydrogen) atoms. The van der Waals surface area contributed by atoms with E-state index in [1.54, 1.807) is 12.3 Å². The van der Waals surface area contributed by atoms with Gasteiger partial charge in [0, 0.05) is 37.1 Å². The van der Waals surface area contributed by atoms with E-state index < -0.39 is 0 Å². The van der Waals surface area contributed by atoms with E-state index >= 15 is 0 Å². The van der Waals surface area contributed by atoms with Gasteiger partial charge in [-0.3, -0.25) is 0 Å². The molecule has 4 N–H and O–H groups in total. The lowest BCUT2D eigenvalue weighted by Gasteiger charge is -1.99. The van der Waals surface area contributed by atoms with Crippen LogP contribution in [0.25, 0.3) is 11.1 Å². The number of benzene rings is 1. The first-order valence-corrected chi connectivity index (χ1v) is 6.19. The van der Waals surface area contributed by atoms with Crippen molar-refractivity contribution in [1.29, 1.82) is 0 Å². The number of hydrogen-bond donors (Lipinski definition) is 3. The van der Waals surface area contributed by atoms with Crippen molar-refractivity contribution in [2.24, 2.45) is 0 Å². The lowest BCUT2D eigenvalue weighted by molar-refractivity contribution is 0.611. The summed E-state index contributed by atoms with van der Waals surface area (Å²) >= 11 is 0. The molecule has 98 valence electrons. The van der Waals surface area contributed by atoms with Gasteiger partial charge in [-0.2, -0.15) is 4.98 Å². The topological polar surface area (TPSA) is 92.8 Å². The van der Waals surface area contributed by atoms with E-state index in [2.05, 4.69) is 20.3 Å². The van der Waals surface area contributed by atoms with Crippen LogP contribution in [0, 0.1) is 0 Å². The van der Waals surface area contributed by atoms with Gasteiger partial charge < -0.3 is 20.5 Å². The maximum absolute atomic E-state index is 5.69. The minimum Gasteiger partial charge on any atom is -0.423 e. The van der Waals surface area contributed by atoms with Crippen molar-refractivity contribution in [3.8, 4) is 0 Å². The number of hydrogen-bond acceptors (Lipinski definition) is 5. The van der Waals surface area contributed by atoms with Gasteiger partial charge in [-0.05, 0) is 18.6 Å². The zero-order chi connectivity index (χ0) is 13.1. The molecule has 0 spiro atoms. The number of aromatic nitrogens is 3. The molecule has 2 heterocycles. The van der Waals surface area contributed by atoms with Crippen LogP contribution in [0.15, 0.2) is 35.0 Å². The average Bonchev–Trinajstić information content (AvgIpc) is 3.02. The molecule has 2 aromatic heterocycles. The number of nitrogen functional groups attached to an aromatic ring is 1. The molecule has 0 saturated heterocycles. The number of aryl methyl sites for hydroxylation is 1. The van der Waals surface area contributed by atoms with Crippen LogP contribution in [0.3, 0.4) is 0 Å². The average molecular weight is 257 g/mol. The van der Waals surface area contributed by atoms with E-state index in [1.165, 1.54) is 0 Å². The van der Waals surface area contributed by atoms with E-state index in [0.29, 0.717) is 17.3 Å². The highest BCUT2D eigenvalue weighted by Crippen LogP contribution is 2.20. The number of oxazole rings is 1. The molecular weight excluding hydrogens is 242 g/mol. The molecular formula is C13H15N5O. The summed E-state index contributed by atoms with van der Waals surface area (Å²) in [6, 6.07) is 5.96. The standard InChI is InChI=1S/C13H15N5O/c14-9-3-4-10-11(8-9)19-13(18-10)17-5-1-2-12-15-6-7-16-12/h3-4,6-8H,1-2,5,14H2,(H,15,16)(H,17,18). The first-order chi connectivity index (χ1) is 9.31. The summed E-state index contributed by atoms with van der Waals surface area (Å²) in [5, 5.41) is 3.16. The Morgan fingerprint density at radius 2 is 2.32 bits per heavy atom. The van der Waals surface area contributed by atoms with E-state index in [4.69, 9.17) is 10.2 Å². The van der Waals surface area contributed by atoms with E-state index in [0.717, 1.165) is 30.7 Å². The van der Waals surface area contributed by atoms with Crippen molar-refractivity contribution in [1.82, 2.24) is 15.0 Å². The number of rotatable bonds is 5. The fourth-order valence-corrected chi connectivity index (χ4v) is 1.90. The molecule has 0 bridgehead atoms. The molecule has 3 rings (SSSR count). The third-order valence-electron chi connectivity index (χ3n) is 2.83. The van der Waals surface area contributed by atoms with Gasteiger partial charge in [-0.25, -0.2) is 4.98 Å². The summed E-state index contributed by atoms with van der Waals surface area (Å²) in [7, 11) is 0. The Kier molecular flexibility index (Phi) is 3.06. The van der Waals surface area contributed by atoms with Gasteiger partial charge in [0.15, 0.2) is 5.58 Å². The van der Waals surface area contributed by atoms with Crippen LogP contribution in [0.5, 0.6) is 0 Å². The summed E-state index contributed by atoms with van der Waals surface area (Å²) in [6.07, 6.45) is 5.43. The Labute approximate surface area is 110 Å². The van der Waals surface area contributed by atoms with Crippen molar-refractivity contribution in [2.75, 3.05) is 17.6 Å². The first-order valence-electron chi connectivity index (χ1n) is 6.19. The van der Waals surface area contributed by atoms with Crippen LogP contribution in [-0.4, -0.2) is 21.5 Å². The van der Waals surface area contributed by atoms with Gasteiger partial charge >= 0.3 is 0 Å². The fraction of sp³-hybridized carbons (Fsp3) is 0.231. The third-order valence-corrected chi connectivity index (χ3v) is 2.83. The van der Waals surface area contributed by atoms with Gasteiger partial charge in [-0.15, -0.1) is 0 Å². The number of anilines is 2. The first kappa shape index (κ1) is 11.6. The van der Waals surface area contributed by atoms with Gasteiger partial charge in [0.25, 0.3) is 6.01 Å². The molecule has 0 atom stereocenters. The predicted octanol–water partition coefficient (Wildman–Crippen LogP) is 2.18. The number of nitrogens with zero attached hydrogens (tertiary/aromatic N) is 2. The zero-order valence-electron chi connectivity index (χ0n) is 10.4. The van der Waals surface area contributed by atoms with Crippen LogP contribution in [-0.2, 0) is 6.42 Å². The Hall–Kier alpha value is -2.50. The lowest BCUT2D eigenvalue weighted by atomic mass is 10.3. The minimum absolute atomic E-state index is 0.528. The van der Waals surface area contributed by atoms with Crippen molar-refractivity contribution >= 4 is 22.8 Å². The smallest absolute Gasteiger partial charge is 0.295 e. The summed E-state index contributed by atoms with van der Waals surface area (Å²) in [4.78, 5) is 11.6. The summed E-state index contributed by atoms with van der Waals surface area (Å²) in [5.41, 5.74) is 7.87. The maximum Gasteiger partial charge on any atom is 0.295 e. The monoisotopic (exact) mass is 257 g/mol. The Morgan fingerprint density at radius 1 is 1.37 bits per heavy atom. The Bertz CT molecular complexity index is 659. The van der Waals surface area contributed by atoms with Crippen LogP contribution in [0.1, 0.15) is 12.2 Å². The van der Waals surface area contributed by atoms with Crippen molar-refractivity contribution in [3.63, 3.8) is 0 Å². The molecule has 6 heteroatoms. The third kappa shape index (κ3) is 2.67. The Balaban J connectivity index is 1.56. The predicted molar refractivity (Wildman–Crippen MR) is 73.8 cm³/mol. The molecule has 0 fully saturated rings. The van der Waals surface area contributed by atoms with Gasteiger partial charge in [0.2, 0.25) is 0 Å². The van der Waals surface area contributed by atoms with Crippen LogP contribution in [0.4, 0.5) is 11.7 Å². The minimum atomic E-state index is 0.528. The highest BCUT2D eigenvalue weighted by atomic mass is 16.4. The maximum atomic E-state index is 5.69. The molecule has 1 aromatic carbocycles. The second-order valence-electron chi connectivity index (χ2n) is 4.31. The fourth-order valence-electron chi connectivity index (χ4n) is 1.90. The quantitative estimate of drug-likeness (QED) is 0.481. The summed E-state index contributed by atoms with van der Waals surface area (Å²) in [6.45, 7) is 0.781. The molecule has 0 radical (unpaired) electrons. The number of H-pyrrole nitrogens is 1. The Morgan fingerprint density at radius 3 is 3.16 bits per heavy atom. The lowest BCUT2D eigenvalue weighted by Crippen LogP contribution is -2.03. The number of fused-ring (bicyclic) bond motifs is 1. The molecule has 0 aliphatic rings. The molecule has 0 aliphatic carbocycles. The zero-order valence-corrected chi connectivity index (χ0v) is 10.4. The number of imidazole rings is 1. The summed E-state index contributed by atoms with van der Waals surface area (Å²) in [5.74, 6) is 0.993. The van der Waals surface area contributed by atoms with E-state index in [1.807, 2.05) is 18.3 Å².